The van der Waals surface area contributed by atoms with Gasteiger partial charge in [-0.15, -0.1) is 0 Å². The Bertz CT molecular complexity index is 484. The van der Waals surface area contributed by atoms with Crippen LogP contribution < -0.4 is 16.8 Å². The number of primary amides is 1. The summed E-state index contributed by atoms with van der Waals surface area (Å²) >= 11 is 0. The first-order valence-electron chi connectivity index (χ1n) is 6.28. The van der Waals surface area contributed by atoms with Crippen LogP contribution in [-0.2, 0) is 4.79 Å². The van der Waals surface area contributed by atoms with Gasteiger partial charge in [-0.3, -0.25) is 9.59 Å². The maximum Gasteiger partial charge on any atom is 0.249 e. The molecule has 1 atom stereocenters. The molecule has 0 heterocycles. The molecule has 5 N–H and O–H groups in total. The topological polar surface area (TPSA) is 98.2 Å². The Morgan fingerprint density at radius 1 is 1.32 bits per heavy atom. The largest absolute Gasteiger partial charge is 0.366 e. The molecule has 0 unspecified atom stereocenters. The minimum Gasteiger partial charge on any atom is -0.366 e. The van der Waals surface area contributed by atoms with E-state index in [1.807, 2.05) is 13.8 Å². The number of nitrogens with one attached hydrogen (secondary N) is 1. The Hall–Kier alpha value is -1.88. The number of amides is 2. The number of carbonyl (C=O) groups excluding carboxylic acids is 2. The van der Waals surface area contributed by atoms with Crippen LogP contribution in [0.1, 0.15) is 36.2 Å². The fourth-order valence-electron chi connectivity index (χ4n) is 1.82. The second-order valence-electron chi connectivity index (χ2n) is 5.12. The normalized spacial score (nSPS) is 12.3. The van der Waals surface area contributed by atoms with Crippen molar-refractivity contribution >= 4 is 17.5 Å². The summed E-state index contributed by atoms with van der Waals surface area (Å²) in [7, 11) is 0. The van der Waals surface area contributed by atoms with E-state index in [0.717, 1.165) is 5.56 Å². The predicted molar refractivity (Wildman–Crippen MR) is 75.8 cm³/mol. The number of anilines is 1. The molecule has 1 aromatic rings. The highest BCUT2D eigenvalue weighted by Crippen LogP contribution is 2.15. The first kappa shape index (κ1) is 15.2. The lowest BCUT2D eigenvalue weighted by atomic mass is 10.0. The quantitative estimate of drug-likeness (QED) is 0.749. The van der Waals surface area contributed by atoms with Crippen molar-refractivity contribution in [2.45, 2.75) is 33.2 Å². The second-order valence-corrected chi connectivity index (χ2v) is 5.12. The van der Waals surface area contributed by atoms with Gasteiger partial charge in [-0.25, -0.2) is 0 Å². The van der Waals surface area contributed by atoms with Crippen molar-refractivity contribution < 1.29 is 9.59 Å². The highest BCUT2D eigenvalue weighted by Gasteiger charge is 2.15. The fourth-order valence-corrected chi connectivity index (χ4v) is 1.82. The van der Waals surface area contributed by atoms with Crippen LogP contribution in [0.15, 0.2) is 18.2 Å². The third-order valence-corrected chi connectivity index (χ3v) is 2.83. The summed E-state index contributed by atoms with van der Waals surface area (Å²) in [4.78, 5) is 23.1. The molecule has 0 aliphatic heterocycles. The highest BCUT2D eigenvalue weighted by atomic mass is 16.2. The molecule has 1 rings (SSSR count). The molecule has 19 heavy (non-hydrogen) atoms. The average molecular weight is 263 g/mol. The van der Waals surface area contributed by atoms with E-state index in [-0.39, 0.29) is 5.91 Å². The van der Waals surface area contributed by atoms with Gasteiger partial charge in [0, 0.05) is 11.3 Å². The average Bonchev–Trinajstić information content (AvgIpc) is 2.30. The van der Waals surface area contributed by atoms with Crippen molar-refractivity contribution in [3.8, 4) is 0 Å². The van der Waals surface area contributed by atoms with Gasteiger partial charge in [0.2, 0.25) is 11.8 Å². The monoisotopic (exact) mass is 263 g/mol. The number of nitrogens with two attached hydrogens (primary N) is 2. The Balaban J connectivity index is 2.80. The van der Waals surface area contributed by atoms with Gasteiger partial charge in [-0.05, 0) is 37.0 Å². The Morgan fingerprint density at radius 3 is 2.47 bits per heavy atom. The molecule has 5 heteroatoms. The lowest BCUT2D eigenvalue weighted by Crippen LogP contribution is -2.36. The molecular formula is C14H21N3O2. The molecule has 0 aliphatic rings. The molecule has 0 aliphatic carbocycles. The Morgan fingerprint density at radius 2 is 1.95 bits per heavy atom. The zero-order chi connectivity index (χ0) is 14.6. The lowest BCUT2D eigenvalue weighted by molar-refractivity contribution is -0.117. The van der Waals surface area contributed by atoms with E-state index in [4.69, 9.17) is 11.5 Å². The number of rotatable bonds is 5. The Kier molecular flexibility index (Phi) is 5.06. The van der Waals surface area contributed by atoms with Crippen molar-refractivity contribution in [1.29, 1.82) is 0 Å². The molecule has 0 bridgehead atoms. The molecule has 0 aromatic heterocycles. The molecule has 0 saturated carbocycles. The lowest BCUT2D eigenvalue weighted by Gasteiger charge is -2.14. The van der Waals surface area contributed by atoms with Crippen LogP contribution in [0, 0.1) is 12.8 Å². The minimum absolute atomic E-state index is 0.257. The highest BCUT2D eigenvalue weighted by molar-refractivity contribution is 5.98. The van der Waals surface area contributed by atoms with Crippen LogP contribution in [0.4, 0.5) is 5.69 Å². The van der Waals surface area contributed by atoms with Gasteiger partial charge in [0.05, 0.1) is 6.04 Å². The van der Waals surface area contributed by atoms with E-state index in [2.05, 4.69) is 5.32 Å². The van der Waals surface area contributed by atoms with Gasteiger partial charge >= 0.3 is 0 Å². The molecular weight excluding hydrogens is 242 g/mol. The number of hydrogen-bond acceptors (Lipinski definition) is 3. The van der Waals surface area contributed by atoms with Gasteiger partial charge in [-0.2, -0.15) is 0 Å². The van der Waals surface area contributed by atoms with Gasteiger partial charge in [0.25, 0.3) is 0 Å². The van der Waals surface area contributed by atoms with E-state index >= 15 is 0 Å². The van der Waals surface area contributed by atoms with Crippen LogP contribution in [-0.4, -0.2) is 17.9 Å². The molecule has 0 spiro atoms. The van der Waals surface area contributed by atoms with Crippen molar-refractivity contribution in [2.75, 3.05) is 5.32 Å². The number of carbonyl (C=O) groups is 2. The summed E-state index contributed by atoms with van der Waals surface area (Å²) in [6.45, 7) is 5.80. The van der Waals surface area contributed by atoms with Crippen LogP contribution in [0.5, 0.6) is 0 Å². The SMILES string of the molecule is Cc1ccc(NC(=O)[C@@H](N)CC(C)C)cc1C(N)=O. The Labute approximate surface area is 113 Å². The molecule has 104 valence electrons. The van der Waals surface area contributed by atoms with Crippen LogP contribution >= 0.6 is 0 Å². The summed E-state index contributed by atoms with van der Waals surface area (Å²) in [6.07, 6.45) is 0.611. The number of hydrogen-bond donors (Lipinski definition) is 3. The van der Waals surface area contributed by atoms with Crippen LogP contribution in [0.3, 0.4) is 0 Å². The van der Waals surface area contributed by atoms with Crippen molar-refractivity contribution in [3.63, 3.8) is 0 Å². The van der Waals surface area contributed by atoms with E-state index in [1.165, 1.54) is 0 Å². The van der Waals surface area contributed by atoms with Crippen LogP contribution in [0.25, 0.3) is 0 Å². The van der Waals surface area contributed by atoms with E-state index in [0.29, 0.717) is 23.6 Å². The molecule has 2 amide bonds. The summed E-state index contributed by atoms with van der Waals surface area (Å²) in [5.74, 6) is -0.423. The molecule has 0 fully saturated rings. The van der Waals surface area contributed by atoms with Crippen LogP contribution in [0.2, 0.25) is 0 Å². The minimum atomic E-state index is -0.557. The third kappa shape index (κ3) is 4.37. The standard InChI is InChI=1S/C14H21N3O2/c1-8(2)6-12(15)14(19)17-10-5-4-9(3)11(7-10)13(16)18/h4-5,7-8,12H,6,15H2,1-3H3,(H2,16,18)(H,17,19)/t12-/m0/s1. The zero-order valence-electron chi connectivity index (χ0n) is 11.6. The van der Waals surface area contributed by atoms with Crippen molar-refractivity contribution in [2.24, 2.45) is 17.4 Å². The van der Waals surface area contributed by atoms with E-state index in [9.17, 15) is 9.59 Å². The van der Waals surface area contributed by atoms with Crippen molar-refractivity contribution in [3.05, 3.63) is 29.3 Å². The fraction of sp³-hybridized carbons (Fsp3) is 0.429. The van der Waals surface area contributed by atoms with Gasteiger partial charge in [-0.1, -0.05) is 19.9 Å². The van der Waals surface area contributed by atoms with Gasteiger partial charge in [0.15, 0.2) is 0 Å². The summed E-state index contributed by atoms with van der Waals surface area (Å²) in [5, 5.41) is 2.70. The smallest absolute Gasteiger partial charge is 0.249 e. The molecule has 5 nitrogen and oxygen atoms in total. The maximum atomic E-state index is 11.9. The zero-order valence-corrected chi connectivity index (χ0v) is 11.6. The molecule has 0 radical (unpaired) electrons. The van der Waals surface area contributed by atoms with E-state index < -0.39 is 11.9 Å². The van der Waals surface area contributed by atoms with E-state index in [1.54, 1.807) is 25.1 Å². The summed E-state index contributed by atoms with van der Waals surface area (Å²) < 4.78 is 0. The summed E-state index contributed by atoms with van der Waals surface area (Å²) in [5.41, 5.74) is 12.8. The number of aryl methyl sites for hydroxylation is 1. The number of benzene rings is 1. The first-order chi connectivity index (χ1) is 8.81. The van der Waals surface area contributed by atoms with Crippen molar-refractivity contribution in [1.82, 2.24) is 0 Å². The summed E-state index contributed by atoms with van der Waals surface area (Å²) in [6, 6.07) is 4.47. The predicted octanol–water partition coefficient (Wildman–Crippen LogP) is 1.41. The second kappa shape index (κ2) is 6.33. The van der Waals surface area contributed by atoms with Gasteiger partial charge in [0.1, 0.15) is 0 Å². The maximum absolute atomic E-state index is 11.9. The third-order valence-electron chi connectivity index (χ3n) is 2.83. The molecule has 0 saturated heterocycles. The molecule has 1 aromatic carbocycles. The first-order valence-corrected chi connectivity index (χ1v) is 6.28. The van der Waals surface area contributed by atoms with Gasteiger partial charge < -0.3 is 16.8 Å².